The summed E-state index contributed by atoms with van der Waals surface area (Å²) < 4.78 is 1.48. The molecule has 94 valence electrons. The third kappa shape index (κ3) is 4.65. The molecule has 1 aliphatic rings. The van der Waals surface area contributed by atoms with Crippen LogP contribution in [0.3, 0.4) is 0 Å². The first kappa shape index (κ1) is 13.4. The average Bonchev–Trinajstić information content (AvgIpc) is 3.00. The summed E-state index contributed by atoms with van der Waals surface area (Å²) in [5.74, 6) is 0. The van der Waals surface area contributed by atoms with Crippen LogP contribution in [-0.2, 0) is 6.54 Å². The summed E-state index contributed by atoms with van der Waals surface area (Å²) >= 11 is 5.58. The highest BCUT2D eigenvalue weighted by Crippen LogP contribution is 2.36. The second-order valence-electron chi connectivity index (χ2n) is 5.63. The number of rotatable bonds is 4. The van der Waals surface area contributed by atoms with Gasteiger partial charge in [-0.3, -0.25) is 0 Å². The van der Waals surface area contributed by atoms with Gasteiger partial charge in [-0.15, -0.1) is 11.8 Å². The molecule has 0 saturated heterocycles. The van der Waals surface area contributed by atoms with E-state index >= 15 is 0 Å². The van der Waals surface area contributed by atoms with E-state index in [0.717, 1.165) is 12.6 Å². The predicted octanol–water partition coefficient (Wildman–Crippen LogP) is 4.59. The number of thioether (sulfide) groups is 1. The van der Waals surface area contributed by atoms with Crippen molar-refractivity contribution in [2.45, 2.75) is 55.8 Å². The maximum absolute atomic E-state index is 3.67. The fourth-order valence-electron chi connectivity index (χ4n) is 1.62. The van der Waals surface area contributed by atoms with Gasteiger partial charge in [-0.05, 0) is 46.5 Å². The largest absolute Gasteiger partial charge is 0.310 e. The third-order valence-corrected chi connectivity index (χ3v) is 4.69. The van der Waals surface area contributed by atoms with E-state index < -0.39 is 0 Å². The smallest absolute Gasteiger partial charge is 0.0314 e. The highest BCUT2D eigenvalue weighted by Gasteiger charge is 2.20. The van der Waals surface area contributed by atoms with Crippen LogP contribution in [0.5, 0.6) is 0 Å². The molecule has 0 amide bonds. The van der Waals surface area contributed by atoms with Gasteiger partial charge in [0.2, 0.25) is 0 Å². The fourth-order valence-corrected chi connectivity index (χ4v) is 3.24. The molecule has 1 aromatic carbocycles. The van der Waals surface area contributed by atoms with Crippen LogP contribution >= 0.6 is 27.7 Å². The average molecular weight is 314 g/mol. The Morgan fingerprint density at radius 3 is 2.59 bits per heavy atom. The molecule has 0 aliphatic heterocycles. The van der Waals surface area contributed by atoms with Crippen molar-refractivity contribution in [2.24, 2.45) is 0 Å². The molecule has 0 bridgehead atoms. The molecule has 0 unspecified atom stereocenters. The molecule has 1 N–H and O–H groups in total. The minimum atomic E-state index is 0.260. The zero-order chi connectivity index (χ0) is 12.5. The highest BCUT2D eigenvalue weighted by molar-refractivity contribution is 9.10. The third-order valence-electron chi connectivity index (χ3n) is 2.58. The minimum absolute atomic E-state index is 0.260. The molecule has 1 saturated carbocycles. The van der Waals surface area contributed by atoms with Crippen molar-refractivity contribution in [3.63, 3.8) is 0 Å². The molecular weight excluding hydrogens is 294 g/mol. The molecule has 3 heteroatoms. The van der Waals surface area contributed by atoms with Crippen molar-refractivity contribution in [3.05, 3.63) is 28.2 Å². The van der Waals surface area contributed by atoms with Gasteiger partial charge in [0.15, 0.2) is 0 Å². The normalized spacial score (nSPS) is 16.2. The number of hydrogen-bond acceptors (Lipinski definition) is 2. The summed E-state index contributed by atoms with van der Waals surface area (Å²) in [5, 5.41) is 3.54. The van der Waals surface area contributed by atoms with E-state index in [2.05, 4.69) is 60.2 Å². The lowest BCUT2D eigenvalue weighted by molar-refractivity contribution is 0.687. The number of nitrogens with one attached hydrogen (secondary N) is 1. The van der Waals surface area contributed by atoms with Crippen LogP contribution < -0.4 is 5.32 Å². The standard InChI is InChI=1S/C14H20BrNS/c1-14(2,3)17-13-7-4-10(8-12(13)15)9-16-11-5-6-11/h4,7-8,11,16H,5-6,9H2,1-3H3. The SMILES string of the molecule is CC(C)(C)Sc1ccc(CNC2CC2)cc1Br. The zero-order valence-electron chi connectivity index (χ0n) is 10.7. The van der Waals surface area contributed by atoms with Crippen LogP contribution in [-0.4, -0.2) is 10.8 Å². The first-order chi connectivity index (χ1) is 7.94. The van der Waals surface area contributed by atoms with Crippen molar-refractivity contribution in [2.75, 3.05) is 0 Å². The topological polar surface area (TPSA) is 12.0 Å². The lowest BCUT2D eigenvalue weighted by atomic mass is 10.2. The highest BCUT2D eigenvalue weighted by atomic mass is 79.9. The van der Waals surface area contributed by atoms with Crippen LogP contribution in [0.15, 0.2) is 27.6 Å². The zero-order valence-corrected chi connectivity index (χ0v) is 13.1. The molecule has 0 spiro atoms. The summed E-state index contributed by atoms with van der Waals surface area (Å²) in [6.45, 7) is 7.72. The Labute approximate surface area is 117 Å². The van der Waals surface area contributed by atoms with Gasteiger partial charge in [-0.1, -0.05) is 26.8 Å². The lowest BCUT2D eigenvalue weighted by Crippen LogP contribution is -2.15. The Kier molecular flexibility index (Phi) is 4.22. The lowest BCUT2D eigenvalue weighted by Gasteiger charge is -2.19. The molecule has 1 fully saturated rings. The van der Waals surface area contributed by atoms with Crippen LogP contribution in [0.2, 0.25) is 0 Å². The van der Waals surface area contributed by atoms with Crippen molar-refractivity contribution in [3.8, 4) is 0 Å². The number of benzene rings is 1. The summed E-state index contributed by atoms with van der Waals surface area (Å²) in [6, 6.07) is 7.47. The van der Waals surface area contributed by atoms with Crippen molar-refractivity contribution in [1.29, 1.82) is 0 Å². The van der Waals surface area contributed by atoms with E-state index in [4.69, 9.17) is 0 Å². The second-order valence-corrected chi connectivity index (χ2v) is 8.36. The predicted molar refractivity (Wildman–Crippen MR) is 79.6 cm³/mol. The monoisotopic (exact) mass is 313 g/mol. The molecule has 17 heavy (non-hydrogen) atoms. The van der Waals surface area contributed by atoms with Gasteiger partial charge in [0, 0.05) is 26.7 Å². The summed E-state index contributed by atoms with van der Waals surface area (Å²) in [4.78, 5) is 1.33. The Balaban J connectivity index is 1.99. The Morgan fingerprint density at radius 1 is 1.35 bits per heavy atom. The molecule has 1 aliphatic carbocycles. The van der Waals surface area contributed by atoms with Gasteiger partial charge in [0.1, 0.15) is 0 Å². The Hall–Kier alpha value is 0.01000. The van der Waals surface area contributed by atoms with Crippen molar-refractivity contribution < 1.29 is 0 Å². The van der Waals surface area contributed by atoms with Gasteiger partial charge < -0.3 is 5.32 Å². The van der Waals surface area contributed by atoms with E-state index in [-0.39, 0.29) is 4.75 Å². The van der Waals surface area contributed by atoms with E-state index in [9.17, 15) is 0 Å². The first-order valence-electron chi connectivity index (χ1n) is 6.15. The quantitative estimate of drug-likeness (QED) is 0.816. The maximum atomic E-state index is 3.67. The van der Waals surface area contributed by atoms with E-state index in [1.807, 2.05) is 11.8 Å². The minimum Gasteiger partial charge on any atom is -0.310 e. The molecule has 2 rings (SSSR count). The molecule has 1 nitrogen and oxygen atoms in total. The van der Waals surface area contributed by atoms with E-state index in [0.29, 0.717) is 0 Å². The van der Waals surface area contributed by atoms with E-state index in [1.54, 1.807) is 0 Å². The van der Waals surface area contributed by atoms with Gasteiger partial charge in [-0.25, -0.2) is 0 Å². The Morgan fingerprint density at radius 2 is 2.06 bits per heavy atom. The molecule has 0 aromatic heterocycles. The summed E-state index contributed by atoms with van der Waals surface area (Å²) in [7, 11) is 0. The van der Waals surface area contributed by atoms with Crippen LogP contribution in [0.4, 0.5) is 0 Å². The van der Waals surface area contributed by atoms with Crippen molar-refractivity contribution >= 4 is 27.7 Å². The van der Waals surface area contributed by atoms with Crippen LogP contribution in [0.1, 0.15) is 39.2 Å². The van der Waals surface area contributed by atoms with Gasteiger partial charge in [-0.2, -0.15) is 0 Å². The van der Waals surface area contributed by atoms with Crippen LogP contribution in [0, 0.1) is 0 Å². The molecule has 0 radical (unpaired) electrons. The summed E-state index contributed by atoms with van der Waals surface area (Å²) in [5.41, 5.74) is 1.36. The molecule has 0 heterocycles. The number of halogens is 1. The van der Waals surface area contributed by atoms with Gasteiger partial charge >= 0.3 is 0 Å². The number of hydrogen-bond donors (Lipinski definition) is 1. The molecule has 0 atom stereocenters. The van der Waals surface area contributed by atoms with E-state index in [1.165, 1.54) is 27.8 Å². The van der Waals surface area contributed by atoms with Gasteiger partial charge in [0.25, 0.3) is 0 Å². The van der Waals surface area contributed by atoms with Crippen LogP contribution in [0.25, 0.3) is 0 Å². The van der Waals surface area contributed by atoms with Gasteiger partial charge in [0.05, 0.1) is 0 Å². The fraction of sp³-hybridized carbons (Fsp3) is 0.571. The summed E-state index contributed by atoms with van der Waals surface area (Å²) in [6.07, 6.45) is 2.69. The molecule has 1 aromatic rings. The second kappa shape index (κ2) is 5.33. The van der Waals surface area contributed by atoms with Crippen molar-refractivity contribution in [1.82, 2.24) is 5.32 Å². The Bertz CT molecular complexity index is 394. The first-order valence-corrected chi connectivity index (χ1v) is 7.76. The maximum Gasteiger partial charge on any atom is 0.0314 e. The molecular formula is C14H20BrNS.